The first kappa shape index (κ1) is 11.6. The maximum atomic E-state index is 6.72. The topological polar surface area (TPSA) is 36.2 Å². The number of nitrogens with one attached hydrogen (secondary N) is 1. The summed E-state index contributed by atoms with van der Waals surface area (Å²) in [7, 11) is 0. The van der Waals surface area contributed by atoms with Crippen LogP contribution in [0.5, 0.6) is 0 Å². The Balaban J connectivity index is 0.000000424. The zero-order valence-electron chi connectivity index (χ0n) is 8.25. The first-order valence-corrected chi connectivity index (χ1v) is 4.37. The number of hydrogen-bond donors (Lipinski definition) is 1. The summed E-state index contributed by atoms with van der Waals surface area (Å²) in [5, 5.41) is 6.72. The van der Waals surface area contributed by atoms with E-state index >= 15 is 0 Å². The van der Waals surface area contributed by atoms with Gasteiger partial charge in [-0.05, 0) is 11.6 Å². The van der Waals surface area contributed by atoms with Gasteiger partial charge in [-0.15, -0.1) is 0 Å². The first-order valence-electron chi connectivity index (χ1n) is 4.37. The minimum Gasteiger partial charge on any atom is -0.290 e. The Bertz CT molecular complexity index is 257. The van der Waals surface area contributed by atoms with E-state index in [-0.39, 0.29) is 0 Å². The molecule has 0 saturated heterocycles. The molecule has 1 N–H and O–H groups in total. The van der Waals surface area contributed by atoms with Crippen molar-refractivity contribution >= 4 is 12.1 Å². The van der Waals surface area contributed by atoms with Crippen LogP contribution in [0, 0.1) is 5.41 Å². The normalized spacial score (nSPS) is 16.8. The number of rotatable bonds is 1. The molecule has 2 nitrogen and oxygen atoms in total. The van der Waals surface area contributed by atoms with Crippen molar-refractivity contribution in [1.29, 1.82) is 5.41 Å². The third-order valence-corrected chi connectivity index (χ3v) is 1.20. The standard InChI is InChI=1S/C8H8N2.C3H8/c1-7-4-2-3-5-8(7)10-6-9;1-3-2/h2-6,9H,1H2;3H2,1-2H3. The van der Waals surface area contributed by atoms with Crippen molar-refractivity contribution in [3.05, 3.63) is 36.5 Å². The second-order valence-electron chi connectivity index (χ2n) is 2.59. The molecule has 1 aliphatic rings. The lowest BCUT2D eigenvalue weighted by Crippen LogP contribution is -1.97. The smallest absolute Gasteiger partial charge is 0.107 e. The van der Waals surface area contributed by atoms with Crippen LogP contribution in [-0.2, 0) is 0 Å². The van der Waals surface area contributed by atoms with Crippen molar-refractivity contribution in [2.45, 2.75) is 20.3 Å². The highest BCUT2D eigenvalue weighted by atomic mass is 14.8. The van der Waals surface area contributed by atoms with Crippen LogP contribution in [0.15, 0.2) is 41.4 Å². The molecule has 0 atom stereocenters. The summed E-state index contributed by atoms with van der Waals surface area (Å²) >= 11 is 0. The molecule has 1 rings (SSSR count). The van der Waals surface area contributed by atoms with Crippen LogP contribution in [0.4, 0.5) is 0 Å². The van der Waals surface area contributed by atoms with Crippen LogP contribution >= 0.6 is 0 Å². The van der Waals surface area contributed by atoms with E-state index in [1.54, 1.807) is 0 Å². The van der Waals surface area contributed by atoms with Crippen LogP contribution in [0.25, 0.3) is 0 Å². The van der Waals surface area contributed by atoms with Crippen molar-refractivity contribution in [2.75, 3.05) is 0 Å². The van der Waals surface area contributed by atoms with E-state index in [2.05, 4.69) is 25.4 Å². The second kappa shape index (κ2) is 7.22. The van der Waals surface area contributed by atoms with Crippen molar-refractivity contribution in [3.8, 4) is 0 Å². The Morgan fingerprint density at radius 3 is 2.38 bits per heavy atom. The Morgan fingerprint density at radius 1 is 1.38 bits per heavy atom. The molecular weight excluding hydrogens is 160 g/mol. The van der Waals surface area contributed by atoms with Gasteiger partial charge in [0.25, 0.3) is 0 Å². The number of hydrogen-bond acceptors (Lipinski definition) is 1. The van der Waals surface area contributed by atoms with E-state index in [9.17, 15) is 0 Å². The minimum absolute atomic E-state index is 0.762. The van der Waals surface area contributed by atoms with Gasteiger partial charge >= 0.3 is 0 Å². The molecule has 0 bridgehead atoms. The molecule has 0 amide bonds. The summed E-state index contributed by atoms with van der Waals surface area (Å²) in [5.41, 5.74) is 1.61. The van der Waals surface area contributed by atoms with Gasteiger partial charge in [-0.2, -0.15) is 0 Å². The lowest BCUT2D eigenvalue weighted by molar-refractivity contribution is 1.09. The zero-order chi connectivity index (χ0) is 10.1. The molecule has 0 fully saturated rings. The van der Waals surface area contributed by atoms with Crippen molar-refractivity contribution in [3.63, 3.8) is 0 Å². The van der Waals surface area contributed by atoms with E-state index in [0.717, 1.165) is 17.6 Å². The fraction of sp³-hybridized carbons (Fsp3) is 0.273. The zero-order valence-corrected chi connectivity index (χ0v) is 8.25. The van der Waals surface area contributed by atoms with Crippen molar-refractivity contribution in [2.24, 2.45) is 4.99 Å². The summed E-state index contributed by atoms with van der Waals surface area (Å²) < 4.78 is 0. The first-order chi connectivity index (χ1) is 6.26. The van der Waals surface area contributed by atoms with Crippen LogP contribution in [0.3, 0.4) is 0 Å². The van der Waals surface area contributed by atoms with Crippen molar-refractivity contribution in [1.82, 2.24) is 0 Å². The molecule has 0 heterocycles. The third kappa shape index (κ3) is 4.90. The molecule has 1 aliphatic carbocycles. The van der Waals surface area contributed by atoms with Gasteiger partial charge < -0.3 is 0 Å². The second-order valence-corrected chi connectivity index (χ2v) is 2.59. The van der Waals surface area contributed by atoms with E-state index in [1.807, 2.05) is 24.3 Å². The summed E-state index contributed by atoms with van der Waals surface area (Å²) in [5.74, 6) is 0. The fourth-order valence-corrected chi connectivity index (χ4v) is 0.706. The molecule has 2 heteroatoms. The molecule has 0 aliphatic heterocycles. The maximum Gasteiger partial charge on any atom is 0.107 e. The SMILES string of the molecule is C=C1C=CC=CC1=NC=N.CCC. The van der Waals surface area contributed by atoms with Gasteiger partial charge in [0.1, 0.15) is 6.34 Å². The molecule has 0 unspecified atom stereocenters. The maximum absolute atomic E-state index is 6.72. The number of aliphatic imine (C=N–C) groups is 1. The molecule has 0 aromatic rings. The largest absolute Gasteiger partial charge is 0.290 e. The Morgan fingerprint density at radius 2 is 1.92 bits per heavy atom. The van der Waals surface area contributed by atoms with Gasteiger partial charge in [-0.1, -0.05) is 45.1 Å². The predicted octanol–water partition coefficient (Wildman–Crippen LogP) is 3.13. The van der Waals surface area contributed by atoms with E-state index in [0.29, 0.717) is 0 Å². The summed E-state index contributed by atoms with van der Waals surface area (Å²) in [6, 6.07) is 0. The van der Waals surface area contributed by atoms with Gasteiger partial charge in [-0.3, -0.25) is 5.41 Å². The molecule has 0 aromatic heterocycles. The quantitative estimate of drug-likeness (QED) is 0.470. The van der Waals surface area contributed by atoms with Gasteiger partial charge in [0, 0.05) is 0 Å². The van der Waals surface area contributed by atoms with Crippen LogP contribution in [0.1, 0.15) is 20.3 Å². The van der Waals surface area contributed by atoms with Gasteiger partial charge in [0.2, 0.25) is 0 Å². The van der Waals surface area contributed by atoms with E-state index in [4.69, 9.17) is 5.41 Å². The highest BCUT2D eigenvalue weighted by molar-refractivity contribution is 6.13. The number of nitrogens with zero attached hydrogens (tertiary/aromatic N) is 1. The van der Waals surface area contributed by atoms with Crippen molar-refractivity contribution < 1.29 is 0 Å². The predicted molar refractivity (Wildman–Crippen MR) is 59.6 cm³/mol. The average Bonchev–Trinajstić information content (AvgIpc) is 2.11. The number of allylic oxidation sites excluding steroid dienone is 5. The highest BCUT2D eigenvalue weighted by Crippen LogP contribution is 2.04. The molecule has 0 spiro atoms. The molecule has 13 heavy (non-hydrogen) atoms. The lowest BCUT2D eigenvalue weighted by Gasteiger charge is -2.00. The molecule has 70 valence electrons. The highest BCUT2D eigenvalue weighted by Gasteiger charge is 1.97. The van der Waals surface area contributed by atoms with Crippen LogP contribution in [0.2, 0.25) is 0 Å². The molecule has 0 saturated carbocycles. The summed E-state index contributed by atoms with van der Waals surface area (Å²) in [6.07, 6.45) is 9.72. The third-order valence-electron chi connectivity index (χ3n) is 1.20. The Labute approximate surface area is 79.9 Å². The fourth-order valence-electron chi connectivity index (χ4n) is 0.706. The average molecular weight is 176 g/mol. The molecular formula is C11H16N2. The molecule has 0 radical (unpaired) electrons. The van der Waals surface area contributed by atoms with E-state index in [1.165, 1.54) is 6.42 Å². The Hall–Kier alpha value is -1.44. The summed E-state index contributed by atoms with van der Waals surface area (Å²) in [4.78, 5) is 3.79. The minimum atomic E-state index is 0.762. The molecule has 0 aromatic carbocycles. The van der Waals surface area contributed by atoms with Crippen LogP contribution in [-0.4, -0.2) is 12.1 Å². The Kier molecular flexibility index (Phi) is 6.42. The van der Waals surface area contributed by atoms with Gasteiger partial charge in [0.05, 0.1) is 5.71 Å². The van der Waals surface area contributed by atoms with Gasteiger partial charge in [0.15, 0.2) is 0 Å². The van der Waals surface area contributed by atoms with Gasteiger partial charge in [-0.25, -0.2) is 4.99 Å². The lowest BCUT2D eigenvalue weighted by atomic mass is 10.1. The van der Waals surface area contributed by atoms with Crippen LogP contribution < -0.4 is 0 Å². The summed E-state index contributed by atoms with van der Waals surface area (Å²) in [6.45, 7) is 7.99. The monoisotopic (exact) mass is 176 g/mol. The van der Waals surface area contributed by atoms with E-state index < -0.39 is 0 Å².